The summed E-state index contributed by atoms with van der Waals surface area (Å²) in [7, 11) is 0. The van der Waals surface area contributed by atoms with Crippen LogP contribution in [0.2, 0.25) is 0 Å². The number of fused-ring (bicyclic) bond motifs is 1. The number of rotatable bonds is 4. The summed E-state index contributed by atoms with van der Waals surface area (Å²) in [6, 6.07) is 12.4. The van der Waals surface area contributed by atoms with Crippen molar-refractivity contribution in [2.24, 2.45) is 0 Å². The van der Waals surface area contributed by atoms with Gasteiger partial charge in [0, 0.05) is 12.3 Å². The zero-order valence-electron chi connectivity index (χ0n) is 15.1. The van der Waals surface area contributed by atoms with Crippen LogP contribution in [0.15, 0.2) is 54.7 Å². The number of aromatic nitrogens is 1. The van der Waals surface area contributed by atoms with Gasteiger partial charge in [0.2, 0.25) is 0 Å². The molecule has 0 unspecified atom stereocenters. The third-order valence-electron chi connectivity index (χ3n) is 4.59. The number of amides is 2. The number of carbonyl (C=O) groups excluding carboxylic acids is 1. The Morgan fingerprint density at radius 1 is 1.14 bits per heavy atom. The number of ether oxygens (including phenoxy) is 1. The Morgan fingerprint density at radius 2 is 1.96 bits per heavy atom. The smallest absolute Gasteiger partial charge is 0.326 e. The molecule has 0 saturated heterocycles. The van der Waals surface area contributed by atoms with Crippen molar-refractivity contribution in [1.29, 1.82) is 0 Å². The van der Waals surface area contributed by atoms with Crippen LogP contribution >= 0.6 is 0 Å². The highest BCUT2D eigenvalue weighted by Crippen LogP contribution is 2.33. The number of nitrogens with zero attached hydrogens (tertiary/aromatic N) is 2. The molecule has 0 radical (unpaired) electrons. The summed E-state index contributed by atoms with van der Waals surface area (Å²) in [5.74, 6) is -0.427. The Kier molecular flexibility index (Phi) is 4.65. The van der Waals surface area contributed by atoms with Gasteiger partial charge in [0.1, 0.15) is 29.7 Å². The van der Waals surface area contributed by atoms with E-state index >= 15 is 0 Å². The Labute approximate surface area is 160 Å². The van der Waals surface area contributed by atoms with E-state index < -0.39 is 17.7 Å². The zero-order chi connectivity index (χ0) is 19.7. The maximum Gasteiger partial charge on any atom is 0.326 e. The van der Waals surface area contributed by atoms with Gasteiger partial charge in [0.15, 0.2) is 0 Å². The van der Waals surface area contributed by atoms with Crippen LogP contribution in [0.25, 0.3) is 0 Å². The fourth-order valence-electron chi connectivity index (χ4n) is 3.10. The molecule has 0 fully saturated rings. The van der Waals surface area contributed by atoms with Gasteiger partial charge >= 0.3 is 6.03 Å². The summed E-state index contributed by atoms with van der Waals surface area (Å²) in [6.07, 6.45) is 1.50. The molecule has 1 aromatic heterocycles. The standard InChI is InChI=1S/C21H17F2N3O2/c1-13-7-8-15(28-12-18-16(22)6-3-9-24-18)10-19(13)26-11-14-4-2-5-17(23)20(14)25-21(26)27/h2-10H,11-12H2,1H3,(H,25,27). The number of para-hydroxylation sites is 1. The Hall–Kier alpha value is -3.48. The van der Waals surface area contributed by atoms with Crippen LogP contribution in [-0.4, -0.2) is 11.0 Å². The van der Waals surface area contributed by atoms with Crippen molar-refractivity contribution in [2.45, 2.75) is 20.1 Å². The second-order valence-electron chi connectivity index (χ2n) is 6.46. The third kappa shape index (κ3) is 3.38. The first kappa shape index (κ1) is 17.9. The largest absolute Gasteiger partial charge is 0.487 e. The van der Waals surface area contributed by atoms with Crippen molar-refractivity contribution in [3.8, 4) is 5.75 Å². The number of anilines is 2. The summed E-state index contributed by atoms with van der Waals surface area (Å²) in [4.78, 5) is 18.0. The minimum Gasteiger partial charge on any atom is -0.487 e. The topological polar surface area (TPSA) is 54.5 Å². The van der Waals surface area contributed by atoms with Crippen molar-refractivity contribution in [1.82, 2.24) is 4.98 Å². The lowest BCUT2D eigenvalue weighted by Gasteiger charge is -2.30. The lowest BCUT2D eigenvalue weighted by molar-refractivity contribution is 0.255. The predicted molar refractivity (Wildman–Crippen MR) is 101 cm³/mol. The molecule has 3 aromatic rings. The number of urea groups is 1. The van der Waals surface area contributed by atoms with E-state index in [1.54, 1.807) is 24.3 Å². The van der Waals surface area contributed by atoms with Gasteiger partial charge in [0.05, 0.1) is 17.9 Å². The average Bonchev–Trinajstić information content (AvgIpc) is 2.69. The summed E-state index contributed by atoms with van der Waals surface area (Å²) >= 11 is 0. The van der Waals surface area contributed by atoms with E-state index in [4.69, 9.17) is 4.74 Å². The predicted octanol–water partition coefficient (Wildman–Crippen LogP) is 4.80. The minimum atomic E-state index is -0.461. The van der Waals surface area contributed by atoms with E-state index in [9.17, 15) is 13.6 Å². The summed E-state index contributed by atoms with van der Waals surface area (Å²) in [5, 5.41) is 2.60. The van der Waals surface area contributed by atoms with Gasteiger partial charge in [0.25, 0.3) is 0 Å². The molecule has 142 valence electrons. The van der Waals surface area contributed by atoms with Crippen molar-refractivity contribution in [3.63, 3.8) is 0 Å². The summed E-state index contributed by atoms with van der Waals surface area (Å²) in [6.45, 7) is 2.07. The fraction of sp³-hybridized carbons (Fsp3) is 0.143. The maximum absolute atomic E-state index is 13.9. The molecule has 28 heavy (non-hydrogen) atoms. The Morgan fingerprint density at radius 3 is 2.79 bits per heavy atom. The number of halogens is 2. The number of carbonyl (C=O) groups is 1. The van der Waals surface area contributed by atoms with Crippen LogP contribution in [0.3, 0.4) is 0 Å². The summed E-state index contributed by atoms with van der Waals surface area (Å²) < 4.78 is 33.3. The van der Waals surface area contributed by atoms with E-state index in [-0.39, 0.29) is 24.5 Å². The molecule has 2 amide bonds. The van der Waals surface area contributed by atoms with Crippen molar-refractivity contribution >= 4 is 17.4 Å². The van der Waals surface area contributed by atoms with E-state index in [0.29, 0.717) is 17.0 Å². The zero-order valence-corrected chi connectivity index (χ0v) is 15.1. The van der Waals surface area contributed by atoms with Crippen LogP contribution < -0.4 is 15.0 Å². The van der Waals surface area contributed by atoms with E-state index in [0.717, 1.165) is 5.56 Å². The molecule has 0 saturated carbocycles. The van der Waals surface area contributed by atoms with E-state index in [1.807, 2.05) is 13.0 Å². The second-order valence-corrected chi connectivity index (χ2v) is 6.46. The molecule has 5 nitrogen and oxygen atoms in total. The molecule has 0 bridgehead atoms. The average molecular weight is 381 g/mol. The van der Waals surface area contributed by atoms with Crippen molar-refractivity contribution < 1.29 is 18.3 Å². The molecular weight excluding hydrogens is 364 g/mol. The number of nitrogens with one attached hydrogen (secondary N) is 1. The van der Waals surface area contributed by atoms with Crippen LogP contribution in [0.1, 0.15) is 16.8 Å². The first-order chi connectivity index (χ1) is 13.5. The number of benzene rings is 2. The van der Waals surface area contributed by atoms with Crippen LogP contribution in [0, 0.1) is 18.6 Å². The molecule has 2 aromatic carbocycles. The van der Waals surface area contributed by atoms with Gasteiger partial charge in [-0.05, 0) is 42.3 Å². The first-order valence-electron chi connectivity index (χ1n) is 8.71. The number of pyridine rings is 1. The molecule has 0 spiro atoms. The highest BCUT2D eigenvalue weighted by atomic mass is 19.1. The number of hydrogen-bond acceptors (Lipinski definition) is 3. The van der Waals surface area contributed by atoms with E-state index in [1.165, 1.54) is 29.3 Å². The molecule has 7 heteroatoms. The van der Waals surface area contributed by atoms with Crippen LogP contribution in [0.5, 0.6) is 5.75 Å². The third-order valence-corrected chi connectivity index (χ3v) is 4.59. The molecule has 1 aliphatic heterocycles. The number of hydrogen-bond donors (Lipinski definition) is 1. The minimum absolute atomic E-state index is 0.0323. The first-order valence-corrected chi connectivity index (χ1v) is 8.71. The van der Waals surface area contributed by atoms with Crippen molar-refractivity contribution in [3.05, 3.63) is 83.2 Å². The van der Waals surface area contributed by atoms with Gasteiger partial charge < -0.3 is 10.1 Å². The van der Waals surface area contributed by atoms with E-state index in [2.05, 4.69) is 10.3 Å². The van der Waals surface area contributed by atoms with Gasteiger partial charge in [-0.2, -0.15) is 0 Å². The quantitative estimate of drug-likeness (QED) is 0.706. The molecule has 0 atom stereocenters. The monoisotopic (exact) mass is 381 g/mol. The van der Waals surface area contributed by atoms with Gasteiger partial charge in [-0.15, -0.1) is 0 Å². The van der Waals surface area contributed by atoms with Gasteiger partial charge in [-0.25, -0.2) is 13.6 Å². The molecule has 0 aliphatic carbocycles. The second kappa shape index (κ2) is 7.26. The highest BCUT2D eigenvalue weighted by molar-refractivity contribution is 6.04. The van der Waals surface area contributed by atoms with Gasteiger partial charge in [-0.3, -0.25) is 9.88 Å². The normalized spacial score (nSPS) is 13.1. The highest BCUT2D eigenvalue weighted by Gasteiger charge is 2.27. The molecule has 2 heterocycles. The SMILES string of the molecule is Cc1ccc(OCc2ncccc2F)cc1N1Cc2cccc(F)c2NC1=O. The maximum atomic E-state index is 13.9. The van der Waals surface area contributed by atoms with Crippen LogP contribution in [-0.2, 0) is 13.2 Å². The number of aryl methyl sites for hydroxylation is 1. The fourth-order valence-corrected chi connectivity index (χ4v) is 3.10. The lowest BCUT2D eigenvalue weighted by atomic mass is 10.1. The molecule has 1 aliphatic rings. The summed E-state index contributed by atoms with van der Waals surface area (Å²) in [5.41, 5.74) is 2.57. The Bertz CT molecular complexity index is 1060. The lowest BCUT2D eigenvalue weighted by Crippen LogP contribution is -2.39. The molecular formula is C21H17F2N3O2. The van der Waals surface area contributed by atoms with Gasteiger partial charge in [-0.1, -0.05) is 18.2 Å². The molecule has 1 N–H and O–H groups in total. The Balaban J connectivity index is 1.59. The van der Waals surface area contributed by atoms with Crippen molar-refractivity contribution in [2.75, 3.05) is 10.2 Å². The molecule has 4 rings (SSSR count). The van der Waals surface area contributed by atoms with Crippen LogP contribution in [0.4, 0.5) is 25.0 Å².